The van der Waals surface area contributed by atoms with E-state index < -0.39 is 34.6 Å². The molecule has 0 aromatic rings. The molecule has 0 saturated carbocycles. The number of ketones is 2. The van der Waals surface area contributed by atoms with Crippen molar-refractivity contribution in [3.05, 3.63) is 22.7 Å². The molecule has 27 heavy (non-hydrogen) atoms. The second-order valence-electron chi connectivity index (χ2n) is 8.85. The van der Waals surface area contributed by atoms with E-state index in [1.54, 1.807) is 0 Å². The lowest BCUT2D eigenvalue weighted by molar-refractivity contribution is -0.132. The molecule has 0 amide bonds. The fraction of sp³-hybridized carbons (Fsp3) is 0.600. The lowest BCUT2D eigenvalue weighted by Crippen LogP contribution is -2.39. The molecule has 2 rings (SSSR count). The van der Waals surface area contributed by atoms with Gasteiger partial charge in [0.2, 0.25) is 0 Å². The molecule has 0 bridgehead atoms. The van der Waals surface area contributed by atoms with Gasteiger partial charge in [-0.15, -0.1) is 0 Å². The highest BCUT2D eigenvalue weighted by Gasteiger charge is 2.41. The lowest BCUT2D eigenvalue weighted by atomic mass is 9.75. The van der Waals surface area contributed by atoms with Crippen LogP contribution in [0.1, 0.15) is 53.4 Å². The minimum atomic E-state index is -1.49. The minimum absolute atomic E-state index is 0.118. The maximum absolute atomic E-state index is 12.4. The van der Waals surface area contributed by atoms with Crippen molar-refractivity contribution in [2.75, 3.05) is 0 Å². The molecule has 0 radical (unpaired) electrons. The van der Waals surface area contributed by atoms with E-state index in [1.807, 2.05) is 27.7 Å². The van der Waals surface area contributed by atoms with E-state index in [1.165, 1.54) is 0 Å². The van der Waals surface area contributed by atoms with E-state index in [0.717, 1.165) is 0 Å². The van der Waals surface area contributed by atoms with Crippen LogP contribution in [0.15, 0.2) is 22.7 Å². The molecule has 2 aliphatic carbocycles. The van der Waals surface area contributed by atoms with Crippen LogP contribution in [0.4, 0.5) is 0 Å². The zero-order chi connectivity index (χ0) is 20.6. The minimum Gasteiger partial charge on any atom is -0.512 e. The molecule has 2 atom stereocenters. The Balaban J connectivity index is 2.34. The number of carbonyl (C=O) groups is 4. The number of hydrogen-bond acceptors (Lipinski definition) is 7. The second kappa shape index (κ2) is 7.38. The van der Waals surface area contributed by atoms with Crippen LogP contribution >= 0.6 is 0 Å². The zero-order valence-electron chi connectivity index (χ0n) is 16.1. The second-order valence-corrected chi connectivity index (χ2v) is 8.85. The van der Waals surface area contributed by atoms with Gasteiger partial charge < -0.3 is 24.5 Å². The highest BCUT2D eigenvalue weighted by molar-refractivity contribution is 6.02. The van der Waals surface area contributed by atoms with Crippen LogP contribution in [0.5, 0.6) is 0 Å². The summed E-state index contributed by atoms with van der Waals surface area (Å²) in [6, 6.07) is 0. The Kier molecular flexibility index (Phi) is 5.75. The highest BCUT2D eigenvalue weighted by Crippen LogP contribution is 2.39. The van der Waals surface area contributed by atoms with Crippen molar-refractivity contribution in [1.29, 1.82) is 0 Å². The summed E-state index contributed by atoms with van der Waals surface area (Å²) < 4.78 is 5.43. The van der Waals surface area contributed by atoms with E-state index in [-0.39, 0.29) is 48.3 Å². The number of aldehydes is 2. The van der Waals surface area contributed by atoms with E-state index >= 15 is 0 Å². The van der Waals surface area contributed by atoms with Crippen LogP contribution in [0, 0.1) is 10.8 Å². The Hall–Kier alpha value is -2.28. The lowest BCUT2D eigenvalue weighted by Gasteiger charge is -2.33. The summed E-state index contributed by atoms with van der Waals surface area (Å²) in [5.74, 6) is -1.40. The number of aliphatic hydroxyl groups excluding tert-OH is 2. The molecule has 0 aromatic heterocycles. The van der Waals surface area contributed by atoms with Gasteiger partial charge in [-0.25, -0.2) is 0 Å². The predicted octanol–water partition coefficient (Wildman–Crippen LogP) is 2.54. The highest BCUT2D eigenvalue weighted by atomic mass is 16.5. The quantitative estimate of drug-likeness (QED) is 0.682. The van der Waals surface area contributed by atoms with Gasteiger partial charge in [0.1, 0.15) is 23.7 Å². The first-order valence-corrected chi connectivity index (χ1v) is 8.87. The van der Waals surface area contributed by atoms with Crippen molar-refractivity contribution in [3.8, 4) is 0 Å². The number of rotatable bonds is 6. The van der Waals surface area contributed by atoms with Crippen molar-refractivity contribution in [1.82, 2.24) is 0 Å². The summed E-state index contributed by atoms with van der Waals surface area (Å²) in [6.07, 6.45) is -1.75. The third kappa shape index (κ3) is 4.53. The van der Waals surface area contributed by atoms with Crippen LogP contribution in [0.25, 0.3) is 0 Å². The van der Waals surface area contributed by atoms with Crippen LogP contribution in [-0.4, -0.2) is 46.6 Å². The Morgan fingerprint density at radius 1 is 0.778 bits per heavy atom. The Bertz CT molecular complexity index is 677. The molecule has 0 aromatic carbocycles. The van der Waals surface area contributed by atoms with Crippen LogP contribution in [-0.2, 0) is 23.9 Å². The monoisotopic (exact) mass is 378 g/mol. The van der Waals surface area contributed by atoms with E-state index in [4.69, 9.17) is 4.74 Å². The zero-order valence-corrected chi connectivity index (χ0v) is 16.1. The van der Waals surface area contributed by atoms with Crippen LogP contribution in [0.2, 0.25) is 0 Å². The third-order valence-corrected chi connectivity index (χ3v) is 4.90. The van der Waals surface area contributed by atoms with Gasteiger partial charge in [-0.05, 0) is 10.8 Å². The Labute approximate surface area is 158 Å². The molecule has 0 heterocycles. The van der Waals surface area contributed by atoms with Crippen molar-refractivity contribution in [2.24, 2.45) is 10.8 Å². The van der Waals surface area contributed by atoms with Gasteiger partial charge in [0.15, 0.2) is 24.1 Å². The van der Waals surface area contributed by atoms with Gasteiger partial charge in [0.25, 0.3) is 0 Å². The van der Waals surface area contributed by atoms with Gasteiger partial charge in [0, 0.05) is 25.7 Å². The molecule has 0 aliphatic heterocycles. The molecule has 0 spiro atoms. The molecule has 7 heteroatoms. The first-order chi connectivity index (χ1) is 12.4. The summed E-state index contributed by atoms with van der Waals surface area (Å²) in [5.41, 5.74) is -1.29. The first-order valence-electron chi connectivity index (χ1n) is 8.87. The summed E-state index contributed by atoms with van der Waals surface area (Å²) in [7, 11) is 0. The molecule has 7 nitrogen and oxygen atoms in total. The molecular formula is C20H26O7. The van der Waals surface area contributed by atoms with Gasteiger partial charge in [-0.1, -0.05) is 27.7 Å². The van der Waals surface area contributed by atoms with E-state index in [0.29, 0.717) is 12.6 Å². The summed E-state index contributed by atoms with van der Waals surface area (Å²) in [6.45, 7) is 7.25. The van der Waals surface area contributed by atoms with Gasteiger partial charge >= 0.3 is 0 Å². The SMILES string of the molecule is CC1(C)CC(=O)C(C(C=O)OC(C=O)C2=C(O)CC(C)(C)CC2=O)=C(O)C1. The molecule has 2 aliphatic rings. The van der Waals surface area contributed by atoms with Gasteiger partial charge in [-0.3, -0.25) is 9.59 Å². The van der Waals surface area contributed by atoms with Crippen molar-refractivity contribution in [3.63, 3.8) is 0 Å². The van der Waals surface area contributed by atoms with Crippen molar-refractivity contribution < 1.29 is 34.1 Å². The number of ether oxygens (including phenoxy) is 1. The van der Waals surface area contributed by atoms with Crippen LogP contribution in [0.3, 0.4) is 0 Å². The fourth-order valence-electron chi connectivity index (χ4n) is 3.74. The maximum Gasteiger partial charge on any atom is 0.165 e. The number of allylic oxidation sites excluding steroid dienone is 2. The van der Waals surface area contributed by atoms with Gasteiger partial charge in [-0.2, -0.15) is 0 Å². The summed E-state index contributed by atoms with van der Waals surface area (Å²) >= 11 is 0. The summed E-state index contributed by atoms with van der Waals surface area (Å²) in [4.78, 5) is 47.9. The topological polar surface area (TPSA) is 118 Å². The number of aliphatic hydroxyl groups is 2. The number of Topliss-reactive ketones (excluding diaryl/α,β-unsaturated/α-hetero) is 2. The molecule has 0 saturated heterocycles. The van der Waals surface area contributed by atoms with Crippen LogP contribution < -0.4 is 0 Å². The Morgan fingerprint density at radius 3 is 1.37 bits per heavy atom. The molecule has 148 valence electrons. The fourth-order valence-corrected chi connectivity index (χ4v) is 3.74. The third-order valence-electron chi connectivity index (χ3n) is 4.90. The molecule has 0 fully saturated rings. The molecular weight excluding hydrogens is 352 g/mol. The number of carbonyl (C=O) groups excluding carboxylic acids is 4. The van der Waals surface area contributed by atoms with E-state index in [9.17, 15) is 29.4 Å². The normalized spacial score (nSPS) is 24.6. The standard InChI is InChI=1S/C20H26O7/c1-19(2)5-11(23)17(12(24)6-19)15(9-21)27-16(10-22)18-13(25)7-20(3,4)8-14(18)26/h9-10,15-16,23,25H,5-8H2,1-4H3. The van der Waals surface area contributed by atoms with Gasteiger partial charge in [0.05, 0.1) is 11.1 Å². The molecule has 2 N–H and O–H groups in total. The largest absolute Gasteiger partial charge is 0.512 e. The molecule has 2 unspecified atom stereocenters. The summed E-state index contributed by atoms with van der Waals surface area (Å²) in [5, 5.41) is 20.5. The van der Waals surface area contributed by atoms with Crippen molar-refractivity contribution >= 4 is 24.1 Å². The average Bonchev–Trinajstić information content (AvgIpc) is 2.48. The van der Waals surface area contributed by atoms with Crippen molar-refractivity contribution in [2.45, 2.75) is 65.6 Å². The Morgan fingerprint density at radius 2 is 1.11 bits per heavy atom. The number of hydrogen-bond donors (Lipinski definition) is 2. The maximum atomic E-state index is 12.4. The predicted molar refractivity (Wildman–Crippen MR) is 96.1 cm³/mol. The van der Waals surface area contributed by atoms with E-state index in [2.05, 4.69) is 0 Å². The first kappa shape index (κ1) is 21.0. The average molecular weight is 378 g/mol. The smallest absolute Gasteiger partial charge is 0.165 e.